The van der Waals surface area contributed by atoms with Crippen LogP contribution in [0.3, 0.4) is 0 Å². The van der Waals surface area contributed by atoms with Gasteiger partial charge in [0.05, 0.1) is 6.29 Å². The van der Waals surface area contributed by atoms with Gasteiger partial charge in [-0.05, 0) is 80.7 Å². The minimum absolute atomic E-state index is 0.0838. The SMILES string of the molecule is CO[P@](=O)(CCCCNC(=O)[C@@H]1CCCN1C(=O)c1ccccc1)CN(C(=O)CCCc1ccccc1)[C@@H](CC(C)C)C(=O)Nc1ccccc1. The van der Waals surface area contributed by atoms with Crippen molar-refractivity contribution in [3.8, 4) is 0 Å². The van der Waals surface area contributed by atoms with Crippen LogP contribution in [0.25, 0.3) is 0 Å². The molecule has 3 aromatic carbocycles. The second-order valence-electron chi connectivity index (χ2n) is 13.6. The van der Waals surface area contributed by atoms with Gasteiger partial charge in [-0.3, -0.25) is 23.7 Å². The standard InChI is InChI=1S/C40H53N4O6P/c1-31(2)29-36(39(47)42-34-22-11-6-12-23-34)44(37(45)25-15-19-32-17-7-4-8-18-32)30-51(49,50-3)28-14-13-26-41-38(46)35-24-16-27-43(35)40(48)33-20-9-5-10-21-33/h4-12,17-18,20-23,31,35-36H,13-16,19,24-30H2,1-3H3,(H,41,46)(H,42,47)/t35-,36-,51+/m0/s1. The molecule has 1 aliphatic heterocycles. The van der Waals surface area contributed by atoms with Gasteiger partial charge in [-0.2, -0.15) is 0 Å². The number of likely N-dealkylation sites (tertiary alicyclic amines) is 1. The van der Waals surface area contributed by atoms with Crippen molar-refractivity contribution < 1.29 is 28.3 Å². The third kappa shape index (κ3) is 12.2. The number of unbranched alkanes of at least 4 members (excludes halogenated alkanes) is 1. The molecule has 274 valence electrons. The largest absolute Gasteiger partial charge is 0.354 e. The Bertz CT molecular complexity index is 1600. The Balaban J connectivity index is 1.38. The summed E-state index contributed by atoms with van der Waals surface area (Å²) in [4.78, 5) is 57.0. The van der Waals surface area contributed by atoms with Crippen molar-refractivity contribution in [1.82, 2.24) is 15.1 Å². The van der Waals surface area contributed by atoms with Gasteiger partial charge < -0.3 is 25.0 Å². The number of rotatable bonds is 19. The predicted octanol–water partition coefficient (Wildman–Crippen LogP) is 6.97. The van der Waals surface area contributed by atoms with E-state index in [1.54, 1.807) is 29.2 Å². The van der Waals surface area contributed by atoms with E-state index < -0.39 is 19.5 Å². The van der Waals surface area contributed by atoms with Gasteiger partial charge in [0.2, 0.25) is 25.1 Å². The van der Waals surface area contributed by atoms with Crippen LogP contribution >= 0.6 is 7.37 Å². The molecule has 1 aliphatic rings. The van der Waals surface area contributed by atoms with Crippen LogP contribution in [0.1, 0.15) is 74.7 Å². The summed E-state index contributed by atoms with van der Waals surface area (Å²) in [7, 11) is -2.01. The summed E-state index contributed by atoms with van der Waals surface area (Å²) in [6, 6.07) is 26.6. The van der Waals surface area contributed by atoms with Gasteiger partial charge in [0.25, 0.3) is 5.91 Å². The van der Waals surface area contributed by atoms with Gasteiger partial charge in [0, 0.05) is 44.0 Å². The molecular formula is C40H53N4O6P. The number of carbonyl (C=O) groups is 4. The van der Waals surface area contributed by atoms with Crippen molar-refractivity contribution in [3.05, 3.63) is 102 Å². The molecule has 11 heteroatoms. The lowest BCUT2D eigenvalue weighted by molar-refractivity contribution is -0.138. The predicted molar refractivity (Wildman–Crippen MR) is 202 cm³/mol. The molecule has 0 radical (unpaired) electrons. The lowest BCUT2D eigenvalue weighted by Crippen LogP contribution is -2.48. The van der Waals surface area contributed by atoms with Crippen LogP contribution in [0.15, 0.2) is 91.0 Å². The zero-order valence-electron chi connectivity index (χ0n) is 30.2. The first-order valence-corrected chi connectivity index (χ1v) is 20.1. The molecule has 0 spiro atoms. The molecule has 3 aromatic rings. The topological polar surface area (TPSA) is 125 Å². The van der Waals surface area contributed by atoms with Gasteiger partial charge in [-0.25, -0.2) is 0 Å². The van der Waals surface area contributed by atoms with E-state index >= 15 is 0 Å². The average molecular weight is 717 g/mol. The molecule has 0 unspecified atom stereocenters. The van der Waals surface area contributed by atoms with Gasteiger partial charge >= 0.3 is 0 Å². The van der Waals surface area contributed by atoms with Crippen molar-refractivity contribution in [2.75, 3.05) is 38.0 Å². The Morgan fingerprint density at radius 1 is 0.902 bits per heavy atom. The fourth-order valence-electron chi connectivity index (χ4n) is 6.44. The zero-order chi connectivity index (χ0) is 36.6. The smallest absolute Gasteiger partial charge is 0.254 e. The minimum atomic E-state index is -3.40. The first kappa shape index (κ1) is 39.5. The molecule has 1 heterocycles. The molecule has 0 saturated carbocycles. The summed E-state index contributed by atoms with van der Waals surface area (Å²) in [5, 5.41) is 5.91. The molecule has 0 aromatic heterocycles. The van der Waals surface area contributed by atoms with Crippen LogP contribution < -0.4 is 10.6 Å². The molecule has 10 nitrogen and oxygen atoms in total. The fourth-order valence-corrected chi connectivity index (χ4v) is 8.40. The summed E-state index contributed by atoms with van der Waals surface area (Å²) in [5.41, 5.74) is 2.30. The molecule has 0 bridgehead atoms. The molecule has 1 saturated heterocycles. The normalized spacial score (nSPS) is 15.9. The Kier molecular flexibility index (Phi) is 15.5. The average Bonchev–Trinajstić information content (AvgIpc) is 3.64. The fraction of sp³-hybridized carbons (Fsp3) is 0.450. The van der Waals surface area contributed by atoms with Crippen molar-refractivity contribution in [2.24, 2.45) is 5.92 Å². The molecule has 51 heavy (non-hydrogen) atoms. The maximum atomic E-state index is 14.2. The van der Waals surface area contributed by atoms with E-state index in [9.17, 15) is 23.7 Å². The maximum absolute atomic E-state index is 14.2. The van der Waals surface area contributed by atoms with Crippen LogP contribution in [0.4, 0.5) is 5.69 Å². The van der Waals surface area contributed by atoms with Crippen molar-refractivity contribution in [1.29, 1.82) is 0 Å². The molecule has 4 rings (SSSR count). The van der Waals surface area contributed by atoms with E-state index in [0.717, 1.165) is 12.0 Å². The highest BCUT2D eigenvalue weighted by atomic mass is 31.2. The second-order valence-corrected chi connectivity index (χ2v) is 16.3. The lowest BCUT2D eigenvalue weighted by atomic mass is 10.0. The van der Waals surface area contributed by atoms with Gasteiger partial charge in [-0.1, -0.05) is 80.6 Å². The lowest BCUT2D eigenvalue weighted by Gasteiger charge is -2.34. The van der Waals surface area contributed by atoms with E-state index in [2.05, 4.69) is 10.6 Å². The van der Waals surface area contributed by atoms with Gasteiger partial charge in [0.1, 0.15) is 12.1 Å². The van der Waals surface area contributed by atoms with Crippen LogP contribution in [0.2, 0.25) is 0 Å². The number of carbonyl (C=O) groups excluding carboxylic acids is 4. The minimum Gasteiger partial charge on any atom is -0.354 e. The third-order valence-electron chi connectivity index (χ3n) is 9.20. The monoisotopic (exact) mass is 716 g/mol. The van der Waals surface area contributed by atoms with E-state index in [1.807, 2.05) is 80.6 Å². The Morgan fingerprint density at radius 2 is 1.55 bits per heavy atom. The number of amides is 4. The van der Waals surface area contributed by atoms with Crippen molar-refractivity contribution in [2.45, 2.75) is 77.3 Å². The summed E-state index contributed by atoms with van der Waals surface area (Å²) in [5.74, 6) is -0.832. The number of nitrogens with one attached hydrogen (secondary N) is 2. The maximum Gasteiger partial charge on any atom is 0.254 e. The Labute approximate surface area is 302 Å². The highest BCUT2D eigenvalue weighted by molar-refractivity contribution is 7.58. The number of hydrogen-bond donors (Lipinski definition) is 2. The highest BCUT2D eigenvalue weighted by Gasteiger charge is 2.37. The van der Waals surface area contributed by atoms with Crippen LogP contribution in [-0.2, 0) is 29.9 Å². The first-order chi connectivity index (χ1) is 24.6. The molecule has 2 N–H and O–H groups in total. The van der Waals surface area contributed by atoms with Gasteiger partial charge in [-0.15, -0.1) is 0 Å². The van der Waals surface area contributed by atoms with E-state index in [1.165, 1.54) is 12.0 Å². The number of anilines is 1. The number of nitrogens with zero attached hydrogens (tertiary/aromatic N) is 2. The van der Waals surface area contributed by atoms with E-state index in [-0.39, 0.29) is 48.4 Å². The number of para-hydroxylation sites is 1. The summed E-state index contributed by atoms with van der Waals surface area (Å²) >= 11 is 0. The Morgan fingerprint density at radius 3 is 2.20 bits per heavy atom. The number of aryl methyl sites for hydroxylation is 1. The van der Waals surface area contributed by atoms with E-state index in [4.69, 9.17) is 4.52 Å². The van der Waals surface area contributed by atoms with Crippen molar-refractivity contribution in [3.63, 3.8) is 0 Å². The highest BCUT2D eigenvalue weighted by Crippen LogP contribution is 2.48. The van der Waals surface area contributed by atoms with Crippen LogP contribution in [0, 0.1) is 5.92 Å². The number of benzene rings is 3. The first-order valence-electron chi connectivity index (χ1n) is 18.1. The molecule has 4 amide bonds. The van der Waals surface area contributed by atoms with Crippen LogP contribution in [0.5, 0.6) is 0 Å². The molecule has 1 fully saturated rings. The number of hydrogen-bond acceptors (Lipinski definition) is 6. The molecular weight excluding hydrogens is 663 g/mol. The zero-order valence-corrected chi connectivity index (χ0v) is 31.1. The van der Waals surface area contributed by atoms with Gasteiger partial charge in [0.15, 0.2) is 0 Å². The summed E-state index contributed by atoms with van der Waals surface area (Å²) in [6.45, 7) is 4.87. The molecule has 0 aliphatic carbocycles. The quantitative estimate of drug-likeness (QED) is 0.102. The second kappa shape index (κ2) is 19.9. The summed E-state index contributed by atoms with van der Waals surface area (Å²) < 4.78 is 19.9. The van der Waals surface area contributed by atoms with Crippen molar-refractivity contribution >= 4 is 36.7 Å². The Hall–Kier alpha value is -4.27. The van der Waals surface area contributed by atoms with E-state index in [0.29, 0.717) is 62.9 Å². The summed E-state index contributed by atoms with van der Waals surface area (Å²) in [6.07, 6.45) is 4.26. The third-order valence-corrected chi connectivity index (χ3v) is 11.6. The van der Waals surface area contributed by atoms with Crippen LogP contribution in [-0.4, -0.2) is 78.2 Å². The molecule has 3 atom stereocenters.